The number of piperazine rings is 1. The van der Waals surface area contributed by atoms with Gasteiger partial charge < -0.3 is 24.8 Å². The van der Waals surface area contributed by atoms with Crippen molar-refractivity contribution in [3.8, 4) is 5.75 Å². The van der Waals surface area contributed by atoms with E-state index in [0.29, 0.717) is 18.7 Å². The highest BCUT2D eigenvalue weighted by Crippen LogP contribution is 2.33. The van der Waals surface area contributed by atoms with Crippen molar-refractivity contribution in [1.29, 1.82) is 0 Å². The summed E-state index contributed by atoms with van der Waals surface area (Å²) in [6.07, 6.45) is 4.57. The second kappa shape index (κ2) is 12.4. The number of benzene rings is 1. The average molecular weight is 462 g/mol. The molecule has 1 fully saturated rings. The van der Waals surface area contributed by atoms with Gasteiger partial charge >= 0.3 is 0 Å². The number of anilines is 3. The van der Waals surface area contributed by atoms with Crippen molar-refractivity contribution in [2.45, 2.75) is 27.2 Å². The lowest BCUT2D eigenvalue weighted by atomic mass is 10.1. The van der Waals surface area contributed by atoms with Gasteiger partial charge in [-0.3, -0.25) is 9.78 Å². The number of rotatable bonds is 9. The van der Waals surface area contributed by atoms with Crippen LogP contribution in [0.15, 0.2) is 36.7 Å². The number of nitrogens with one attached hydrogen (secondary N) is 1. The Bertz CT molecular complexity index is 867. The third-order valence-electron chi connectivity index (χ3n) is 5.80. The van der Waals surface area contributed by atoms with Crippen LogP contribution in [-0.4, -0.2) is 68.7 Å². The molecule has 7 nitrogen and oxygen atoms in total. The van der Waals surface area contributed by atoms with Crippen LogP contribution in [0, 0.1) is 0 Å². The predicted octanol–water partition coefficient (Wildman–Crippen LogP) is 4.14. The van der Waals surface area contributed by atoms with Crippen LogP contribution >= 0.6 is 12.4 Å². The summed E-state index contributed by atoms with van der Waals surface area (Å²) < 4.78 is 5.54. The summed E-state index contributed by atoms with van der Waals surface area (Å²) in [5.41, 5.74) is 3.69. The molecule has 2 aromatic rings. The molecule has 1 aromatic carbocycles. The van der Waals surface area contributed by atoms with Gasteiger partial charge in [-0.05, 0) is 32.4 Å². The highest BCUT2D eigenvalue weighted by Gasteiger charge is 2.25. The molecule has 0 unspecified atom stereocenters. The van der Waals surface area contributed by atoms with Crippen molar-refractivity contribution < 1.29 is 9.53 Å². The minimum Gasteiger partial charge on any atom is -0.495 e. The number of carbonyl (C=O) groups excluding carboxylic acids is 1. The van der Waals surface area contributed by atoms with Gasteiger partial charge in [-0.25, -0.2) is 0 Å². The first-order chi connectivity index (χ1) is 15.1. The van der Waals surface area contributed by atoms with Crippen molar-refractivity contribution in [3.63, 3.8) is 0 Å². The van der Waals surface area contributed by atoms with Gasteiger partial charge in [0.25, 0.3) is 5.91 Å². The quantitative estimate of drug-likeness (QED) is 0.605. The zero-order chi connectivity index (χ0) is 22.2. The number of nitrogens with zero attached hydrogens (tertiary/aromatic N) is 4. The van der Waals surface area contributed by atoms with Crippen LogP contribution in [0.25, 0.3) is 0 Å². The van der Waals surface area contributed by atoms with Gasteiger partial charge in [0.05, 0.1) is 35.9 Å². The number of carbonyl (C=O) groups is 1. The van der Waals surface area contributed by atoms with Gasteiger partial charge in [-0.15, -0.1) is 12.4 Å². The molecule has 8 heteroatoms. The molecule has 2 heterocycles. The molecule has 1 aliphatic heterocycles. The van der Waals surface area contributed by atoms with Crippen molar-refractivity contribution in [1.82, 2.24) is 9.88 Å². The Morgan fingerprint density at radius 2 is 1.66 bits per heavy atom. The molecule has 1 amide bonds. The molecule has 1 aromatic heterocycles. The number of halogens is 1. The maximum Gasteiger partial charge on any atom is 0.257 e. The number of methoxy groups -OCH3 is 1. The van der Waals surface area contributed by atoms with E-state index in [1.165, 1.54) is 0 Å². The van der Waals surface area contributed by atoms with E-state index in [0.717, 1.165) is 62.0 Å². The van der Waals surface area contributed by atoms with Gasteiger partial charge in [0.15, 0.2) is 0 Å². The fourth-order valence-corrected chi connectivity index (χ4v) is 4.05. The SMILES string of the molecule is CCCNc1c(C(=O)N(CC)CC)cncc1N1CCN(c2ccccc2OC)CC1.Cl. The van der Waals surface area contributed by atoms with Crippen molar-refractivity contribution in [3.05, 3.63) is 42.2 Å². The Balaban J connectivity index is 0.00000363. The fraction of sp³-hybridized carbons (Fsp3) is 0.500. The number of pyridine rings is 1. The van der Waals surface area contributed by atoms with Gasteiger partial charge in [-0.1, -0.05) is 19.1 Å². The molecular weight excluding hydrogens is 426 g/mol. The fourth-order valence-electron chi connectivity index (χ4n) is 4.05. The minimum absolute atomic E-state index is 0. The molecule has 32 heavy (non-hydrogen) atoms. The largest absolute Gasteiger partial charge is 0.495 e. The number of amides is 1. The van der Waals surface area contributed by atoms with Crippen LogP contribution in [0.4, 0.5) is 17.1 Å². The lowest BCUT2D eigenvalue weighted by Gasteiger charge is -2.38. The summed E-state index contributed by atoms with van der Waals surface area (Å²) in [5, 5.41) is 3.51. The van der Waals surface area contributed by atoms with E-state index in [1.54, 1.807) is 13.3 Å². The maximum atomic E-state index is 13.1. The Morgan fingerprint density at radius 1 is 1.03 bits per heavy atom. The zero-order valence-electron chi connectivity index (χ0n) is 19.6. The first-order valence-electron chi connectivity index (χ1n) is 11.3. The normalized spacial score (nSPS) is 13.4. The highest BCUT2D eigenvalue weighted by atomic mass is 35.5. The average Bonchev–Trinajstić information content (AvgIpc) is 2.83. The van der Waals surface area contributed by atoms with E-state index in [4.69, 9.17) is 4.74 Å². The lowest BCUT2D eigenvalue weighted by Crippen LogP contribution is -2.47. The highest BCUT2D eigenvalue weighted by molar-refractivity contribution is 6.02. The number of aromatic nitrogens is 1. The monoisotopic (exact) mass is 461 g/mol. The third-order valence-corrected chi connectivity index (χ3v) is 5.80. The van der Waals surface area contributed by atoms with Crippen LogP contribution in [-0.2, 0) is 0 Å². The number of hydrogen-bond donors (Lipinski definition) is 1. The molecule has 0 atom stereocenters. The van der Waals surface area contributed by atoms with Crippen molar-refractivity contribution in [2.75, 3.05) is 68.0 Å². The summed E-state index contributed by atoms with van der Waals surface area (Å²) in [7, 11) is 1.71. The second-order valence-corrected chi connectivity index (χ2v) is 7.63. The maximum absolute atomic E-state index is 13.1. The van der Waals surface area contributed by atoms with Gasteiger partial charge in [0.2, 0.25) is 0 Å². The molecule has 0 aliphatic carbocycles. The van der Waals surface area contributed by atoms with Crippen LogP contribution in [0.1, 0.15) is 37.6 Å². The topological polar surface area (TPSA) is 60.9 Å². The summed E-state index contributed by atoms with van der Waals surface area (Å²) in [6.45, 7) is 11.8. The number of hydrogen-bond acceptors (Lipinski definition) is 6. The molecule has 3 rings (SSSR count). The number of para-hydroxylation sites is 2. The molecular formula is C24H36ClN5O2. The molecule has 0 saturated carbocycles. The summed E-state index contributed by atoms with van der Waals surface area (Å²) >= 11 is 0. The van der Waals surface area contributed by atoms with Crippen LogP contribution in [0.3, 0.4) is 0 Å². The van der Waals surface area contributed by atoms with Crippen LogP contribution in [0.5, 0.6) is 5.75 Å². The molecule has 176 valence electrons. The van der Waals surface area contributed by atoms with Crippen LogP contribution in [0.2, 0.25) is 0 Å². The third kappa shape index (κ3) is 5.57. The first-order valence-corrected chi connectivity index (χ1v) is 11.3. The predicted molar refractivity (Wildman–Crippen MR) is 135 cm³/mol. The van der Waals surface area contributed by atoms with Crippen molar-refractivity contribution in [2.24, 2.45) is 0 Å². The summed E-state index contributed by atoms with van der Waals surface area (Å²) in [6, 6.07) is 8.14. The Hall–Kier alpha value is -2.67. The first kappa shape index (κ1) is 25.6. The zero-order valence-corrected chi connectivity index (χ0v) is 20.5. The van der Waals surface area contributed by atoms with Gasteiger partial charge in [0.1, 0.15) is 5.75 Å². The summed E-state index contributed by atoms with van der Waals surface area (Å²) in [4.78, 5) is 24.1. The molecule has 0 radical (unpaired) electrons. The standard InChI is InChI=1S/C24H35N5O2.ClH/c1-5-12-26-23-19(24(30)27(6-2)7-3)17-25-18-21(23)29-15-13-28(14-16-29)20-10-8-9-11-22(20)31-4;/h8-11,17-18H,5-7,12-16H2,1-4H3,(H,25,26);1H. The molecule has 0 bridgehead atoms. The van der Waals surface area contributed by atoms with E-state index >= 15 is 0 Å². The Labute approximate surface area is 198 Å². The molecule has 0 spiro atoms. The van der Waals surface area contributed by atoms with E-state index in [9.17, 15) is 4.79 Å². The summed E-state index contributed by atoms with van der Waals surface area (Å²) in [5.74, 6) is 0.931. The van der Waals surface area contributed by atoms with E-state index in [2.05, 4.69) is 33.1 Å². The smallest absolute Gasteiger partial charge is 0.257 e. The molecule has 1 saturated heterocycles. The lowest BCUT2D eigenvalue weighted by molar-refractivity contribution is 0.0773. The Kier molecular flexibility index (Phi) is 9.91. The Morgan fingerprint density at radius 3 is 2.25 bits per heavy atom. The molecule has 1 aliphatic rings. The van der Waals surface area contributed by atoms with E-state index in [1.807, 2.05) is 43.1 Å². The van der Waals surface area contributed by atoms with Crippen molar-refractivity contribution >= 4 is 35.4 Å². The van der Waals surface area contributed by atoms with Gasteiger partial charge in [-0.2, -0.15) is 0 Å². The minimum atomic E-state index is 0. The second-order valence-electron chi connectivity index (χ2n) is 7.63. The number of ether oxygens (including phenoxy) is 1. The van der Waals surface area contributed by atoms with E-state index < -0.39 is 0 Å². The van der Waals surface area contributed by atoms with E-state index in [-0.39, 0.29) is 18.3 Å². The molecule has 1 N–H and O–H groups in total. The van der Waals surface area contributed by atoms with Gasteiger partial charge in [0, 0.05) is 52.0 Å². The van der Waals surface area contributed by atoms with Crippen LogP contribution < -0.4 is 19.9 Å².